The predicted octanol–water partition coefficient (Wildman–Crippen LogP) is 6.25. The van der Waals surface area contributed by atoms with Crippen LogP contribution in [0.4, 0.5) is 0 Å². The van der Waals surface area contributed by atoms with Gasteiger partial charge in [0.25, 0.3) is 0 Å². The summed E-state index contributed by atoms with van der Waals surface area (Å²) in [6.45, 7) is 7.03. The maximum absolute atomic E-state index is 6.02. The van der Waals surface area contributed by atoms with E-state index >= 15 is 0 Å². The summed E-state index contributed by atoms with van der Waals surface area (Å²) in [6, 6.07) is 23.6. The van der Waals surface area contributed by atoms with Crippen LogP contribution in [-0.4, -0.2) is 39.0 Å². The monoisotopic (exact) mass is 498 g/mol. The fourth-order valence-corrected chi connectivity index (χ4v) is 5.42. The molecule has 0 aliphatic carbocycles. The summed E-state index contributed by atoms with van der Waals surface area (Å²) in [5, 5.41) is 5.06. The summed E-state index contributed by atoms with van der Waals surface area (Å²) in [6.07, 6.45) is 2.23. The maximum atomic E-state index is 6.02. The first-order chi connectivity index (χ1) is 17.6. The van der Waals surface area contributed by atoms with Gasteiger partial charge in [0.15, 0.2) is 17.3 Å². The second-order valence-electron chi connectivity index (χ2n) is 9.66. The molecule has 0 unspecified atom stereocenters. The molecule has 2 aliphatic rings. The van der Waals surface area contributed by atoms with Gasteiger partial charge in [0.2, 0.25) is 4.77 Å². The number of nitrogens with zero attached hydrogens (tertiary/aromatic N) is 4. The molecule has 4 aromatic rings. The fraction of sp³-hybridized carbons (Fsp3) is 0.310. The van der Waals surface area contributed by atoms with Crippen LogP contribution in [0.2, 0.25) is 0 Å². The Hall–Kier alpha value is -3.42. The molecule has 3 heterocycles. The van der Waals surface area contributed by atoms with E-state index in [1.54, 1.807) is 0 Å². The molecule has 7 heteroatoms. The first kappa shape index (κ1) is 23.0. The van der Waals surface area contributed by atoms with Crippen molar-refractivity contribution < 1.29 is 9.47 Å². The van der Waals surface area contributed by atoms with Crippen LogP contribution >= 0.6 is 12.2 Å². The summed E-state index contributed by atoms with van der Waals surface area (Å²) in [5.41, 5.74) is 5.76. The molecule has 0 amide bonds. The van der Waals surface area contributed by atoms with E-state index in [4.69, 9.17) is 26.8 Å². The van der Waals surface area contributed by atoms with Crippen LogP contribution in [0, 0.1) is 18.6 Å². The van der Waals surface area contributed by atoms with Gasteiger partial charge in [-0.3, -0.25) is 9.47 Å². The van der Waals surface area contributed by atoms with E-state index in [9.17, 15) is 0 Å². The van der Waals surface area contributed by atoms with Crippen LogP contribution in [-0.2, 0) is 6.67 Å². The predicted molar refractivity (Wildman–Crippen MR) is 143 cm³/mol. The lowest BCUT2D eigenvalue weighted by atomic mass is 10.0. The van der Waals surface area contributed by atoms with Gasteiger partial charge in [0.05, 0.1) is 6.67 Å². The quantitative estimate of drug-likeness (QED) is 0.304. The zero-order chi connectivity index (χ0) is 24.6. The van der Waals surface area contributed by atoms with Gasteiger partial charge in [-0.1, -0.05) is 53.6 Å². The van der Waals surface area contributed by atoms with E-state index in [0.717, 1.165) is 48.0 Å². The minimum absolute atomic E-state index is 0.287. The van der Waals surface area contributed by atoms with Gasteiger partial charge in [0.1, 0.15) is 13.2 Å². The van der Waals surface area contributed by atoms with Gasteiger partial charge in [-0.05, 0) is 68.7 Å². The number of likely N-dealkylation sites (tertiary alicyclic amines) is 1. The number of fused-ring (bicyclic) bond motifs is 1. The number of rotatable bonds is 5. The van der Waals surface area contributed by atoms with Crippen molar-refractivity contribution in [2.24, 2.45) is 0 Å². The molecule has 1 atom stereocenters. The highest BCUT2D eigenvalue weighted by atomic mass is 32.1. The molecule has 3 aromatic carbocycles. The molecule has 6 rings (SSSR count). The second kappa shape index (κ2) is 9.56. The summed E-state index contributed by atoms with van der Waals surface area (Å²) >= 11 is 6.02. The molecule has 1 saturated heterocycles. The Bertz CT molecular complexity index is 1440. The topological polar surface area (TPSA) is 44.5 Å². The van der Waals surface area contributed by atoms with E-state index < -0.39 is 0 Å². The Morgan fingerprint density at radius 2 is 1.58 bits per heavy atom. The number of hydrogen-bond acceptors (Lipinski definition) is 5. The number of aromatic nitrogens is 3. The van der Waals surface area contributed by atoms with Crippen molar-refractivity contribution in [1.82, 2.24) is 19.2 Å². The van der Waals surface area contributed by atoms with Crippen LogP contribution in [0.5, 0.6) is 11.5 Å². The van der Waals surface area contributed by atoms with Crippen molar-refractivity contribution in [2.45, 2.75) is 39.4 Å². The summed E-state index contributed by atoms with van der Waals surface area (Å²) in [7, 11) is 0. The average molecular weight is 499 g/mol. The Balaban J connectivity index is 1.36. The summed E-state index contributed by atoms with van der Waals surface area (Å²) in [5.74, 6) is 2.53. The molecule has 0 N–H and O–H groups in total. The van der Waals surface area contributed by atoms with Crippen LogP contribution in [0.1, 0.15) is 35.6 Å². The lowest BCUT2D eigenvalue weighted by Crippen LogP contribution is -2.27. The lowest BCUT2D eigenvalue weighted by molar-refractivity contribution is 0.168. The highest BCUT2D eigenvalue weighted by Gasteiger charge is 2.28. The molecule has 1 aromatic heterocycles. The standard InChI is InChI=1S/C29H30N4O2S/c1-20-5-9-22(10-6-20)28-30-32(29(36)33(28)24-12-7-21(2)8-13-24)19-31-15-3-4-25(31)23-11-14-26-27(18-23)35-17-16-34-26/h5-14,18,25H,3-4,15-17,19H2,1-2H3/t25-/m0/s1. The summed E-state index contributed by atoms with van der Waals surface area (Å²) < 4.78 is 16.3. The number of aryl methyl sites for hydroxylation is 2. The van der Waals surface area contributed by atoms with Gasteiger partial charge < -0.3 is 9.47 Å². The molecule has 1 fully saturated rings. The first-order valence-electron chi connectivity index (χ1n) is 12.5. The van der Waals surface area contributed by atoms with Crippen LogP contribution in [0.3, 0.4) is 0 Å². The fourth-order valence-electron chi connectivity index (χ4n) is 5.13. The van der Waals surface area contributed by atoms with Crippen molar-refractivity contribution in [3.8, 4) is 28.6 Å². The Morgan fingerprint density at radius 1 is 0.889 bits per heavy atom. The maximum Gasteiger partial charge on any atom is 0.204 e. The normalized spacial score (nSPS) is 17.4. The largest absolute Gasteiger partial charge is 0.486 e. The highest BCUT2D eigenvalue weighted by molar-refractivity contribution is 7.71. The molecule has 0 bridgehead atoms. The van der Waals surface area contributed by atoms with E-state index in [1.165, 1.54) is 16.7 Å². The molecular formula is C29H30N4O2S. The van der Waals surface area contributed by atoms with E-state index in [-0.39, 0.29) is 6.04 Å². The minimum atomic E-state index is 0.287. The van der Waals surface area contributed by atoms with Gasteiger partial charge in [0, 0.05) is 23.8 Å². The van der Waals surface area contributed by atoms with Crippen molar-refractivity contribution in [2.75, 3.05) is 19.8 Å². The Kier molecular flexibility index (Phi) is 6.11. The van der Waals surface area contributed by atoms with E-state index in [1.807, 2.05) is 10.7 Å². The number of benzene rings is 3. The van der Waals surface area contributed by atoms with E-state index in [2.05, 4.69) is 84.0 Å². The molecule has 184 valence electrons. The van der Waals surface area contributed by atoms with Crippen molar-refractivity contribution in [1.29, 1.82) is 0 Å². The molecule has 36 heavy (non-hydrogen) atoms. The molecular weight excluding hydrogens is 468 g/mol. The van der Waals surface area contributed by atoms with Crippen molar-refractivity contribution in [3.05, 3.63) is 88.2 Å². The third-order valence-electron chi connectivity index (χ3n) is 7.07. The first-order valence-corrected chi connectivity index (χ1v) is 13.0. The van der Waals surface area contributed by atoms with Gasteiger partial charge in [-0.2, -0.15) is 0 Å². The minimum Gasteiger partial charge on any atom is -0.486 e. The third-order valence-corrected chi connectivity index (χ3v) is 7.46. The number of ether oxygens (including phenoxy) is 2. The highest BCUT2D eigenvalue weighted by Crippen LogP contribution is 2.38. The van der Waals surface area contributed by atoms with Gasteiger partial charge >= 0.3 is 0 Å². The Labute approximate surface area is 216 Å². The van der Waals surface area contributed by atoms with Crippen LogP contribution in [0.25, 0.3) is 17.1 Å². The van der Waals surface area contributed by atoms with Gasteiger partial charge in [-0.25, -0.2) is 4.68 Å². The van der Waals surface area contributed by atoms with Crippen LogP contribution < -0.4 is 9.47 Å². The smallest absolute Gasteiger partial charge is 0.204 e. The summed E-state index contributed by atoms with van der Waals surface area (Å²) in [4.78, 5) is 2.46. The Morgan fingerprint density at radius 3 is 2.33 bits per heavy atom. The molecule has 0 radical (unpaired) electrons. The SMILES string of the molecule is Cc1ccc(-c2nn(CN3CCC[C@H]3c3ccc4c(c3)OCCO4)c(=S)n2-c2ccc(C)cc2)cc1. The molecule has 0 spiro atoms. The average Bonchev–Trinajstić information content (AvgIpc) is 3.49. The number of hydrogen-bond donors (Lipinski definition) is 0. The van der Waals surface area contributed by atoms with Crippen LogP contribution in [0.15, 0.2) is 66.7 Å². The molecule has 2 aliphatic heterocycles. The zero-order valence-corrected chi connectivity index (χ0v) is 21.5. The molecule has 6 nitrogen and oxygen atoms in total. The van der Waals surface area contributed by atoms with E-state index in [0.29, 0.717) is 24.7 Å². The third kappa shape index (κ3) is 4.33. The van der Waals surface area contributed by atoms with Crippen molar-refractivity contribution in [3.63, 3.8) is 0 Å². The lowest BCUT2D eigenvalue weighted by Gasteiger charge is -2.26. The van der Waals surface area contributed by atoms with Gasteiger partial charge in [-0.15, -0.1) is 5.10 Å². The zero-order valence-electron chi connectivity index (χ0n) is 20.7. The molecule has 0 saturated carbocycles. The van der Waals surface area contributed by atoms with Crippen molar-refractivity contribution >= 4 is 12.2 Å². The second-order valence-corrected chi connectivity index (χ2v) is 10.0.